The monoisotopic (exact) mass is 430 g/mol. The lowest BCUT2D eigenvalue weighted by atomic mass is 9.74. The summed E-state index contributed by atoms with van der Waals surface area (Å²) >= 11 is 6.23. The second-order valence-electron chi connectivity index (χ2n) is 7.64. The fourth-order valence-corrected chi connectivity index (χ4v) is 4.71. The van der Waals surface area contributed by atoms with Gasteiger partial charge in [0.25, 0.3) is 0 Å². The predicted molar refractivity (Wildman–Crippen MR) is 111 cm³/mol. The number of carbonyl (C=O) groups is 2. The van der Waals surface area contributed by atoms with Crippen molar-refractivity contribution < 1.29 is 24.2 Å². The lowest BCUT2D eigenvalue weighted by Gasteiger charge is -2.41. The van der Waals surface area contributed by atoms with E-state index >= 15 is 0 Å². The van der Waals surface area contributed by atoms with E-state index in [1.54, 1.807) is 23.1 Å². The zero-order chi connectivity index (χ0) is 21.5. The lowest BCUT2D eigenvalue weighted by Crippen LogP contribution is -2.45. The van der Waals surface area contributed by atoms with Crippen LogP contribution in [0.4, 0.5) is 15.8 Å². The zero-order valence-corrected chi connectivity index (χ0v) is 16.8. The summed E-state index contributed by atoms with van der Waals surface area (Å²) in [4.78, 5) is 26.0. The third kappa shape index (κ3) is 3.50. The molecule has 1 spiro atoms. The Hall–Kier alpha value is -3.06. The number of piperidine rings is 1. The van der Waals surface area contributed by atoms with Crippen LogP contribution in [0, 0.1) is 5.82 Å². The number of halogens is 2. The first-order valence-corrected chi connectivity index (χ1v) is 9.93. The molecule has 0 amide bonds. The van der Waals surface area contributed by atoms with Crippen molar-refractivity contribution in [1.82, 2.24) is 4.90 Å². The van der Waals surface area contributed by atoms with Crippen molar-refractivity contribution in [3.63, 3.8) is 0 Å². The molecule has 1 saturated heterocycles. The molecule has 0 bridgehead atoms. The molecule has 2 aliphatic heterocycles. The Morgan fingerprint density at radius 3 is 2.40 bits per heavy atom. The van der Waals surface area contributed by atoms with Gasteiger partial charge < -0.3 is 20.0 Å². The number of likely N-dealkylation sites (tertiary alicyclic amines) is 1. The Morgan fingerprint density at radius 1 is 1.07 bits per heavy atom. The van der Waals surface area contributed by atoms with E-state index in [0.29, 0.717) is 43.2 Å². The third-order valence-corrected chi connectivity index (χ3v) is 6.20. The molecule has 0 atom stereocenters. The van der Waals surface area contributed by atoms with Gasteiger partial charge in [-0.3, -0.25) is 0 Å². The molecular formula is C22H20ClFN2O4. The normalized spacial score (nSPS) is 17.9. The van der Waals surface area contributed by atoms with Gasteiger partial charge in [-0.1, -0.05) is 29.8 Å². The van der Waals surface area contributed by atoms with Crippen LogP contribution in [0.25, 0.3) is 0 Å². The van der Waals surface area contributed by atoms with Gasteiger partial charge in [-0.25, -0.2) is 14.0 Å². The van der Waals surface area contributed by atoms with E-state index in [1.165, 1.54) is 6.07 Å². The molecule has 0 saturated carbocycles. The van der Waals surface area contributed by atoms with Crippen LogP contribution in [0.3, 0.4) is 0 Å². The van der Waals surface area contributed by atoms with Crippen molar-refractivity contribution in [2.45, 2.75) is 18.3 Å². The number of carboxylic acids is 2. The van der Waals surface area contributed by atoms with Crippen LogP contribution in [0.1, 0.15) is 18.4 Å². The molecule has 6 nitrogen and oxygen atoms in total. The number of rotatable bonds is 4. The van der Waals surface area contributed by atoms with Crippen molar-refractivity contribution in [1.29, 1.82) is 0 Å². The Labute approximate surface area is 177 Å². The summed E-state index contributed by atoms with van der Waals surface area (Å²) < 4.78 is 14.6. The number of para-hydroxylation sites is 1. The van der Waals surface area contributed by atoms with Crippen LogP contribution in [0.15, 0.2) is 54.2 Å². The number of hydrogen-bond donors (Lipinski definition) is 2. The molecule has 2 aromatic carbocycles. The molecular weight excluding hydrogens is 411 g/mol. The Balaban J connectivity index is 1.67. The molecule has 2 N–H and O–H groups in total. The quantitative estimate of drug-likeness (QED) is 0.713. The fraction of sp³-hybridized carbons (Fsp3) is 0.273. The molecule has 8 heteroatoms. The second-order valence-corrected chi connectivity index (χ2v) is 8.08. The molecule has 0 radical (unpaired) electrons. The van der Waals surface area contributed by atoms with Gasteiger partial charge in [0.2, 0.25) is 0 Å². The Morgan fingerprint density at radius 2 is 1.77 bits per heavy atom. The number of fused-ring (bicyclic) bond motifs is 2. The van der Waals surface area contributed by atoms with Gasteiger partial charge in [-0.2, -0.15) is 0 Å². The number of carboxylic acid groups (broad SMARTS) is 2. The van der Waals surface area contributed by atoms with Gasteiger partial charge in [-0.15, -0.1) is 0 Å². The van der Waals surface area contributed by atoms with Crippen molar-refractivity contribution in [2.24, 2.45) is 0 Å². The van der Waals surface area contributed by atoms with Gasteiger partial charge in [0.1, 0.15) is 11.5 Å². The molecule has 156 valence electrons. The van der Waals surface area contributed by atoms with Crippen molar-refractivity contribution >= 4 is 34.9 Å². The van der Waals surface area contributed by atoms with Crippen molar-refractivity contribution in [2.75, 3.05) is 24.5 Å². The highest BCUT2D eigenvalue weighted by molar-refractivity contribution is 6.31. The number of aliphatic carboxylic acids is 2. The van der Waals surface area contributed by atoms with E-state index in [0.717, 1.165) is 17.3 Å². The van der Waals surface area contributed by atoms with Crippen LogP contribution in [-0.2, 0) is 15.0 Å². The molecule has 2 aliphatic rings. The van der Waals surface area contributed by atoms with Crippen molar-refractivity contribution in [3.8, 4) is 0 Å². The standard InChI is InChI=1S/C22H20ClFN2O4/c23-14-5-6-15-18(11-14)26(17-4-2-1-3-16(17)24)13-22(15)7-9-25(10-8-22)19(21(29)30)12-20(27)28/h1-6,11-12H,7-10,13H2,(H,27,28)(H,29,30)/b19-12+. The van der Waals surface area contributed by atoms with E-state index in [9.17, 15) is 19.1 Å². The first-order chi connectivity index (χ1) is 14.3. The maximum absolute atomic E-state index is 14.6. The predicted octanol–water partition coefficient (Wildman–Crippen LogP) is 4.02. The van der Waals surface area contributed by atoms with Crippen LogP contribution in [-0.4, -0.2) is 46.7 Å². The number of nitrogens with zero attached hydrogens (tertiary/aromatic N) is 2. The fourth-order valence-electron chi connectivity index (χ4n) is 4.54. The summed E-state index contributed by atoms with van der Waals surface area (Å²) in [6.45, 7) is 1.32. The highest BCUT2D eigenvalue weighted by Crippen LogP contribution is 2.50. The van der Waals surface area contributed by atoms with Gasteiger partial charge in [0.05, 0.1) is 11.8 Å². The number of hydrogen-bond acceptors (Lipinski definition) is 4. The minimum Gasteiger partial charge on any atom is -0.478 e. The highest BCUT2D eigenvalue weighted by atomic mass is 35.5. The summed E-state index contributed by atoms with van der Waals surface area (Å²) in [6, 6.07) is 12.2. The summed E-state index contributed by atoms with van der Waals surface area (Å²) in [6.07, 6.45) is 1.95. The van der Waals surface area contributed by atoms with Crippen LogP contribution in [0.5, 0.6) is 0 Å². The van der Waals surface area contributed by atoms with Crippen LogP contribution >= 0.6 is 11.6 Å². The van der Waals surface area contributed by atoms with E-state index < -0.39 is 11.9 Å². The number of anilines is 2. The van der Waals surface area contributed by atoms with E-state index in [1.807, 2.05) is 23.1 Å². The maximum atomic E-state index is 14.6. The van der Waals surface area contributed by atoms with Crippen LogP contribution in [0.2, 0.25) is 5.02 Å². The molecule has 2 aromatic rings. The largest absolute Gasteiger partial charge is 0.478 e. The van der Waals surface area contributed by atoms with Gasteiger partial charge in [0.15, 0.2) is 0 Å². The second kappa shape index (κ2) is 7.65. The van der Waals surface area contributed by atoms with E-state index in [2.05, 4.69) is 0 Å². The van der Waals surface area contributed by atoms with Crippen LogP contribution < -0.4 is 4.90 Å². The molecule has 0 aliphatic carbocycles. The first-order valence-electron chi connectivity index (χ1n) is 9.56. The van der Waals surface area contributed by atoms with E-state index in [-0.39, 0.29) is 16.9 Å². The molecule has 4 rings (SSSR count). The Kier molecular flexibility index (Phi) is 5.15. The average molecular weight is 431 g/mol. The number of benzene rings is 2. The lowest BCUT2D eigenvalue weighted by molar-refractivity contribution is -0.136. The zero-order valence-electron chi connectivity index (χ0n) is 16.0. The molecule has 0 unspecified atom stereocenters. The SMILES string of the molecule is O=C(O)/C=C(\C(=O)O)N1CCC2(CC1)CN(c1ccccc1F)c1cc(Cl)ccc12. The smallest absolute Gasteiger partial charge is 0.352 e. The summed E-state index contributed by atoms with van der Waals surface area (Å²) in [5, 5.41) is 19.0. The minimum absolute atomic E-state index is 0.224. The third-order valence-electron chi connectivity index (χ3n) is 5.97. The summed E-state index contributed by atoms with van der Waals surface area (Å²) in [7, 11) is 0. The topological polar surface area (TPSA) is 81.1 Å². The van der Waals surface area contributed by atoms with Crippen molar-refractivity contribution in [3.05, 3.63) is 70.6 Å². The summed E-state index contributed by atoms with van der Waals surface area (Å²) in [5.74, 6) is -2.88. The minimum atomic E-state index is -1.29. The van der Waals surface area contributed by atoms with E-state index in [4.69, 9.17) is 16.7 Å². The Bertz CT molecular complexity index is 1050. The van der Waals surface area contributed by atoms with Gasteiger partial charge in [0, 0.05) is 35.8 Å². The van der Waals surface area contributed by atoms with Gasteiger partial charge >= 0.3 is 11.9 Å². The molecule has 1 fully saturated rings. The molecule has 30 heavy (non-hydrogen) atoms. The first kappa shape index (κ1) is 20.2. The maximum Gasteiger partial charge on any atom is 0.352 e. The molecule has 2 heterocycles. The van der Waals surface area contributed by atoms with Gasteiger partial charge in [-0.05, 0) is 42.7 Å². The summed E-state index contributed by atoms with van der Waals surface area (Å²) in [5.41, 5.74) is 1.84. The molecule has 0 aromatic heterocycles. The average Bonchev–Trinajstić information content (AvgIpc) is 3.00. The highest BCUT2D eigenvalue weighted by Gasteiger charge is 2.46.